The van der Waals surface area contributed by atoms with Crippen molar-refractivity contribution in [3.05, 3.63) is 48.0 Å². The summed E-state index contributed by atoms with van der Waals surface area (Å²) < 4.78 is 5.39. The molecule has 24 heavy (non-hydrogen) atoms. The summed E-state index contributed by atoms with van der Waals surface area (Å²) in [7, 11) is 0. The number of nitrogens with one attached hydrogen (secondary N) is 2. The topological polar surface area (TPSA) is 70.6 Å². The predicted octanol–water partition coefficient (Wildman–Crippen LogP) is 2.85. The van der Waals surface area contributed by atoms with E-state index in [9.17, 15) is 9.90 Å². The number of carbonyl (C=O) groups is 1. The van der Waals surface area contributed by atoms with Gasteiger partial charge in [-0.2, -0.15) is 0 Å². The first-order valence-corrected chi connectivity index (χ1v) is 8.32. The van der Waals surface area contributed by atoms with Crippen LogP contribution in [0, 0.1) is 5.92 Å². The molecular formula is C19H26N2O3. The standard InChI is InChI=1S/C19H26N2O3/c1-14(2)13-24-10-9-20-19(23)21-12-18(22)17-8-7-15-5-3-4-6-16(15)11-17/h3-8,11,14,18,22H,9-10,12-13H2,1-2H3,(H2,20,21,23). The number of amides is 2. The zero-order valence-corrected chi connectivity index (χ0v) is 14.3. The van der Waals surface area contributed by atoms with E-state index in [1.165, 1.54) is 0 Å². The summed E-state index contributed by atoms with van der Waals surface area (Å²) in [6.45, 7) is 5.94. The second kappa shape index (κ2) is 9.25. The Kier molecular flexibility index (Phi) is 7.03. The zero-order chi connectivity index (χ0) is 17.4. The Balaban J connectivity index is 1.73. The fourth-order valence-electron chi connectivity index (χ4n) is 2.34. The van der Waals surface area contributed by atoms with Crippen LogP contribution in [0.4, 0.5) is 4.79 Å². The molecule has 2 amide bonds. The van der Waals surface area contributed by atoms with Crippen molar-refractivity contribution in [3.8, 4) is 0 Å². The number of benzene rings is 2. The molecule has 0 spiro atoms. The molecule has 0 saturated carbocycles. The number of carbonyl (C=O) groups excluding carboxylic acids is 1. The van der Waals surface area contributed by atoms with Gasteiger partial charge < -0.3 is 20.5 Å². The minimum Gasteiger partial charge on any atom is -0.387 e. The monoisotopic (exact) mass is 330 g/mol. The number of aliphatic hydroxyl groups is 1. The van der Waals surface area contributed by atoms with E-state index in [1.54, 1.807) is 0 Å². The molecular weight excluding hydrogens is 304 g/mol. The first-order valence-electron chi connectivity index (χ1n) is 8.32. The lowest BCUT2D eigenvalue weighted by Gasteiger charge is -2.14. The molecule has 0 saturated heterocycles. The van der Waals surface area contributed by atoms with Crippen molar-refractivity contribution in [1.82, 2.24) is 10.6 Å². The molecule has 5 nitrogen and oxygen atoms in total. The summed E-state index contributed by atoms with van der Waals surface area (Å²) in [4.78, 5) is 11.7. The summed E-state index contributed by atoms with van der Waals surface area (Å²) in [5.41, 5.74) is 0.786. The van der Waals surface area contributed by atoms with E-state index in [0.29, 0.717) is 25.7 Å². The largest absolute Gasteiger partial charge is 0.387 e. The SMILES string of the molecule is CC(C)COCCNC(=O)NCC(O)c1ccc2ccccc2c1. The third-order valence-corrected chi connectivity index (χ3v) is 3.60. The van der Waals surface area contributed by atoms with Crippen LogP contribution in [0.3, 0.4) is 0 Å². The molecule has 2 aromatic carbocycles. The molecule has 0 aliphatic heterocycles. The maximum atomic E-state index is 11.7. The van der Waals surface area contributed by atoms with Crippen molar-refractivity contribution in [1.29, 1.82) is 0 Å². The third-order valence-electron chi connectivity index (χ3n) is 3.60. The molecule has 5 heteroatoms. The highest BCUT2D eigenvalue weighted by atomic mass is 16.5. The molecule has 2 rings (SSSR count). The third kappa shape index (κ3) is 5.83. The Morgan fingerprint density at radius 2 is 1.88 bits per heavy atom. The molecule has 0 aliphatic carbocycles. The van der Waals surface area contributed by atoms with Crippen LogP contribution < -0.4 is 10.6 Å². The van der Waals surface area contributed by atoms with Gasteiger partial charge in [-0.15, -0.1) is 0 Å². The predicted molar refractivity (Wildman–Crippen MR) is 96.0 cm³/mol. The van der Waals surface area contributed by atoms with Crippen molar-refractivity contribution in [2.45, 2.75) is 20.0 Å². The van der Waals surface area contributed by atoms with Crippen LogP contribution in [-0.2, 0) is 4.74 Å². The summed E-state index contributed by atoms with van der Waals surface area (Å²) in [6.07, 6.45) is -0.738. The summed E-state index contributed by atoms with van der Waals surface area (Å²) in [5, 5.41) is 17.8. The highest BCUT2D eigenvalue weighted by Gasteiger charge is 2.10. The number of fused-ring (bicyclic) bond motifs is 1. The van der Waals surface area contributed by atoms with Crippen LogP contribution in [0.1, 0.15) is 25.5 Å². The molecule has 1 unspecified atom stereocenters. The van der Waals surface area contributed by atoms with E-state index in [0.717, 1.165) is 16.3 Å². The quantitative estimate of drug-likeness (QED) is 0.652. The number of urea groups is 1. The fourth-order valence-corrected chi connectivity index (χ4v) is 2.34. The van der Waals surface area contributed by atoms with Crippen molar-refractivity contribution in [2.24, 2.45) is 5.92 Å². The van der Waals surface area contributed by atoms with Crippen LogP contribution in [-0.4, -0.2) is 37.4 Å². The number of ether oxygens (including phenoxy) is 1. The van der Waals surface area contributed by atoms with Gasteiger partial charge in [-0.3, -0.25) is 0 Å². The van der Waals surface area contributed by atoms with Crippen molar-refractivity contribution < 1.29 is 14.6 Å². The summed E-state index contributed by atoms with van der Waals surface area (Å²) in [6, 6.07) is 13.5. The molecule has 3 N–H and O–H groups in total. The summed E-state index contributed by atoms with van der Waals surface area (Å²) >= 11 is 0. The molecule has 130 valence electrons. The average molecular weight is 330 g/mol. The van der Waals surface area contributed by atoms with Crippen LogP contribution >= 0.6 is 0 Å². The molecule has 0 aromatic heterocycles. The average Bonchev–Trinajstić information content (AvgIpc) is 2.58. The van der Waals surface area contributed by atoms with Crippen LogP contribution in [0.2, 0.25) is 0 Å². The Morgan fingerprint density at radius 3 is 2.62 bits per heavy atom. The van der Waals surface area contributed by atoms with Gasteiger partial charge in [0.2, 0.25) is 0 Å². The van der Waals surface area contributed by atoms with E-state index < -0.39 is 6.10 Å². The number of hydrogen-bond donors (Lipinski definition) is 3. The molecule has 0 bridgehead atoms. The molecule has 0 fully saturated rings. The Labute approximate surface area is 143 Å². The molecule has 1 atom stereocenters. The smallest absolute Gasteiger partial charge is 0.314 e. The van der Waals surface area contributed by atoms with Gasteiger partial charge in [0.1, 0.15) is 0 Å². The second-order valence-corrected chi connectivity index (χ2v) is 6.23. The lowest BCUT2D eigenvalue weighted by Crippen LogP contribution is -2.39. The van der Waals surface area contributed by atoms with Crippen LogP contribution in [0.5, 0.6) is 0 Å². The van der Waals surface area contributed by atoms with Crippen LogP contribution in [0.15, 0.2) is 42.5 Å². The molecule has 2 aromatic rings. The van der Waals surface area contributed by atoms with Crippen molar-refractivity contribution >= 4 is 16.8 Å². The van der Waals surface area contributed by atoms with Crippen molar-refractivity contribution in [3.63, 3.8) is 0 Å². The Bertz CT molecular complexity index is 658. The maximum absolute atomic E-state index is 11.7. The summed E-state index contributed by atoms with van der Waals surface area (Å²) in [5.74, 6) is 0.482. The van der Waals surface area contributed by atoms with E-state index in [4.69, 9.17) is 4.74 Å². The van der Waals surface area contributed by atoms with Crippen LogP contribution in [0.25, 0.3) is 10.8 Å². The highest BCUT2D eigenvalue weighted by Crippen LogP contribution is 2.19. The molecule has 0 aliphatic rings. The normalized spacial score (nSPS) is 12.3. The Hall–Kier alpha value is -2.11. The fraction of sp³-hybridized carbons (Fsp3) is 0.421. The van der Waals surface area contributed by atoms with Gasteiger partial charge in [0.05, 0.1) is 12.7 Å². The zero-order valence-electron chi connectivity index (χ0n) is 14.3. The van der Waals surface area contributed by atoms with Gasteiger partial charge >= 0.3 is 6.03 Å². The minimum absolute atomic E-state index is 0.164. The lowest BCUT2D eigenvalue weighted by molar-refractivity contribution is 0.112. The highest BCUT2D eigenvalue weighted by molar-refractivity contribution is 5.83. The van der Waals surface area contributed by atoms with Gasteiger partial charge in [0.25, 0.3) is 0 Å². The molecule has 0 radical (unpaired) electrons. The van der Waals surface area contributed by atoms with Gasteiger partial charge in [0.15, 0.2) is 0 Å². The first kappa shape index (κ1) is 18.2. The van der Waals surface area contributed by atoms with E-state index in [-0.39, 0.29) is 12.6 Å². The number of rotatable bonds is 8. The van der Waals surface area contributed by atoms with Gasteiger partial charge in [-0.05, 0) is 28.3 Å². The van der Waals surface area contributed by atoms with E-state index in [1.807, 2.05) is 42.5 Å². The Morgan fingerprint density at radius 1 is 1.12 bits per heavy atom. The lowest BCUT2D eigenvalue weighted by atomic mass is 10.0. The number of aliphatic hydroxyl groups excluding tert-OH is 1. The van der Waals surface area contributed by atoms with Gasteiger partial charge in [-0.25, -0.2) is 4.79 Å². The number of hydrogen-bond acceptors (Lipinski definition) is 3. The first-order chi connectivity index (χ1) is 11.6. The van der Waals surface area contributed by atoms with Gasteiger partial charge in [-0.1, -0.05) is 50.2 Å². The maximum Gasteiger partial charge on any atom is 0.314 e. The minimum atomic E-state index is -0.738. The van der Waals surface area contributed by atoms with Crippen molar-refractivity contribution in [2.75, 3.05) is 26.3 Å². The van der Waals surface area contributed by atoms with Gasteiger partial charge in [0, 0.05) is 19.7 Å². The van der Waals surface area contributed by atoms with E-state index >= 15 is 0 Å². The second-order valence-electron chi connectivity index (χ2n) is 6.23. The van der Waals surface area contributed by atoms with E-state index in [2.05, 4.69) is 24.5 Å². The molecule has 0 heterocycles.